The summed E-state index contributed by atoms with van der Waals surface area (Å²) in [6.45, 7) is 8.26. The molecule has 0 saturated carbocycles. The minimum Gasteiger partial charge on any atom is -0.227 e. The first-order valence-corrected chi connectivity index (χ1v) is 16.0. The van der Waals surface area contributed by atoms with Gasteiger partial charge in [-0.3, -0.25) is 0 Å². The molecule has 2 atom stereocenters. The van der Waals surface area contributed by atoms with Gasteiger partial charge in [-0.25, -0.2) is 8.42 Å². The Morgan fingerprint density at radius 3 is 1.28 bits per heavy atom. The molecule has 4 rings (SSSR count). The molecular formula is C34H32Br2O2S. The van der Waals surface area contributed by atoms with Crippen molar-refractivity contribution in [3.63, 3.8) is 0 Å². The number of sulfone groups is 1. The van der Waals surface area contributed by atoms with Crippen molar-refractivity contribution in [1.82, 2.24) is 0 Å². The molecule has 0 spiro atoms. The highest BCUT2D eigenvalue weighted by molar-refractivity contribution is 9.10. The molecule has 4 aromatic carbocycles. The Bertz CT molecular complexity index is 1500. The molecule has 0 aliphatic heterocycles. The monoisotopic (exact) mass is 662 g/mol. The summed E-state index contributed by atoms with van der Waals surface area (Å²) in [7, 11) is -3.79. The quantitative estimate of drug-likeness (QED) is 0.188. The molecule has 5 heteroatoms. The van der Waals surface area contributed by atoms with Crippen molar-refractivity contribution in [3.8, 4) is 0 Å². The molecule has 0 bridgehead atoms. The Balaban J connectivity index is 1.87. The van der Waals surface area contributed by atoms with E-state index in [0.29, 0.717) is 0 Å². The van der Waals surface area contributed by atoms with Gasteiger partial charge in [0, 0.05) is 8.95 Å². The van der Waals surface area contributed by atoms with Crippen LogP contribution in [0, 0.1) is 27.7 Å². The van der Waals surface area contributed by atoms with Crippen LogP contribution in [-0.4, -0.2) is 8.42 Å². The van der Waals surface area contributed by atoms with Gasteiger partial charge in [0.1, 0.15) is 10.5 Å². The van der Waals surface area contributed by atoms with Gasteiger partial charge >= 0.3 is 0 Å². The molecule has 0 aromatic heterocycles. The second kappa shape index (κ2) is 12.6. The van der Waals surface area contributed by atoms with Crippen LogP contribution in [0.2, 0.25) is 0 Å². The highest BCUT2D eigenvalue weighted by Crippen LogP contribution is 2.38. The summed E-state index contributed by atoms with van der Waals surface area (Å²) < 4.78 is 31.0. The summed E-state index contributed by atoms with van der Waals surface area (Å²) in [5.74, 6) is 0. The molecule has 0 fully saturated rings. The Labute approximate surface area is 249 Å². The van der Waals surface area contributed by atoms with Crippen molar-refractivity contribution in [2.75, 3.05) is 0 Å². The average Bonchev–Trinajstić information content (AvgIpc) is 2.91. The molecule has 0 amide bonds. The summed E-state index contributed by atoms with van der Waals surface area (Å²) in [6, 6.07) is 27.3. The topological polar surface area (TPSA) is 34.1 Å². The van der Waals surface area contributed by atoms with E-state index in [2.05, 4.69) is 71.7 Å². The molecule has 2 nitrogen and oxygen atoms in total. The largest absolute Gasteiger partial charge is 0.227 e. The van der Waals surface area contributed by atoms with Gasteiger partial charge in [-0.05, 0) is 96.5 Å². The molecule has 2 unspecified atom stereocenters. The molecule has 4 aromatic rings. The van der Waals surface area contributed by atoms with Crippen molar-refractivity contribution in [2.45, 2.75) is 38.2 Å². The normalized spacial score (nSPS) is 13.7. The van der Waals surface area contributed by atoms with Crippen molar-refractivity contribution in [3.05, 3.63) is 151 Å². The lowest BCUT2D eigenvalue weighted by molar-refractivity contribution is 0.584. The zero-order chi connectivity index (χ0) is 28.2. The number of hydrogen-bond donors (Lipinski definition) is 0. The average molecular weight is 665 g/mol. The number of aryl methyl sites for hydroxylation is 2. The molecule has 0 aliphatic rings. The number of rotatable bonds is 8. The van der Waals surface area contributed by atoms with Crippen molar-refractivity contribution in [2.24, 2.45) is 0 Å². The highest BCUT2D eigenvalue weighted by atomic mass is 79.9. The smallest absolute Gasteiger partial charge is 0.171 e. The van der Waals surface area contributed by atoms with E-state index in [1.165, 1.54) is 11.1 Å². The first kappa shape index (κ1) is 29.3. The Hall–Kier alpha value is -2.73. The fourth-order valence-corrected chi connectivity index (χ4v) is 7.09. The van der Waals surface area contributed by atoms with E-state index in [4.69, 9.17) is 0 Å². The third-order valence-corrected chi connectivity index (χ3v) is 10.6. The second-order valence-electron chi connectivity index (χ2n) is 9.83. The SMILES string of the molecule is Cc1cccc(C=CC(c2ccc(Br)cc2)S(=O)(=O)C(C=Cc2cccc(C)c2C)c2ccc(Br)cc2)c1C. The van der Waals surface area contributed by atoms with Crippen LogP contribution >= 0.6 is 31.9 Å². The van der Waals surface area contributed by atoms with Crippen molar-refractivity contribution in [1.29, 1.82) is 0 Å². The van der Waals surface area contributed by atoms with Gasteiger partial charge in [0.25, 0.3) is 0 Å². The van der Waals surface area contributed by atoms with Crippen molar-refractivity contribution >= 4 is 53.8 Å². The Kier molecular flexibility index (Phi) is 9.47. The molecule has 0 N–H and O–H groups in total. The maximum Gasteiger partial charge on any atom is 0.171 e. The lowest BCUT2D eigenvalue weighted by atomic mass is 10.0. The van der Waals surface area contributed by atoms with Crippen LogP contribution in [0.4, 0.5) is 0 Å². The predicted molar refractivity (Wildman–Crippen MR) is 173 cm³/mol. The van der Waals surface area contributed by atoms with Gasteiger partial charge in [0.05, 0.1) is 0 Å². The lowest BCUT2D eigenvalue weighted by Gasteiger charge is -2.22. The highest BCUT2D eigenvalue weighted by Gasteiger charge is 2.33. The van der Waals surface area contributed by atoms with Gasteiger partial charge < -0.3 is 0 Å². The zero-order valence-corrected chi connectivity index (χ0v) is 26.5. The summed E-state index contributed by atoms with van der Waals surface area (Å²) in [5.41, 5.74) is 8.09. The second-order valence-corrected chi connectivity index (χ2v) is 13.9. The van der Waals surface area contributed by atoms with Crippen LogP contribution < -0.4 is 0 Å². The van der Waals surface area contributed by atoms with E-state index in [9.17, 15) is 8.42 Å². The number of hydrogen-bond acceptors (Lipinski definition) is 2. The summed E-state index contributed by atoms with van der Waals surface area (Å²) in [6.07, 6.45) is 7.55. The summed E-state index contributed by atoms with van der Waals surface area (Å²) >= 11 is 6.98. The Morgan fingerprint density at radius 2 is 0.923 bits per heavy atom. The number of halogens is 2. The molecule has 0 heterocycles. The maximum absolute atomic E-state index is 14.6. The molecule has 0 radical (unpaired) electrons. The van der Waals surface area contributed by atoms with Gasteiger partial charge in [-0.15, -0.1) is 0 Å². The first-order chi connectivity index (χ1) is 18.6. The predicted octanol–water partition coefficient (Wildman–Crippen LogP) is 10.1. The van der Waals surface area contributed by atoms with Crippen LogP contribution in [0.5, 0.6) is 0 Å². The van der Waals surface area contributed by atoms with Gasteiger partial charge in [0.2, 0.25) is 0 Å². The van der Waals surface area contributed by atoms with E-state index >= 15 is 0 Å². The van der Waals surface area contributed by atoms with Crippen molar-refractivity contribution < 1.29 is 8.42 Å². The van der Waals surface area contributed by atoms with E-state index in [1.807, 2.05) is 97.1 Å². The van der Waals surface area contributed by atoms with Crippen LogP contribution in [0.1, 0.15) is 55.0 Å². The molecule has 0 saturated heterocycles. The van der Waals surface area contributed by atoms with Crippen LogP contribution in [0.15, 0.2) is 106 Å². The summed E-state index contributed by atoms with van der Waals surface area (Å²) in [5, 5.41) is -1.69. The van der Waals surface area contributed by atoms with E-state index < -0.39 is 20.3 Å². The Morgan fingerprint density at radius 1 is 0.564 bits per heavy atom. The minimum atomic E-state index is -3.79. The van der Waals surface area contributed by atoms with E-state index in [1.54, 1.807) is 0 Å². The maximum atomic E-state index is 14.6. The molecule has 0 aliphatic carbocycles. The molecule has 200 valence electrons. The lowest BCUT2D eigenvalue weighted by Crippen LogP contribution is -2.19. The standard InChI is InChI=1S/C34H32Br2O2S/c1-23-7-5-9-27(25(23)3)15-21-33(29-11-17-31(35)18-12-29)39(37,38)34(30-13-19-32(36)20-14-30)22-16-28-10-6-8-24(2)26(28)4/h5-22,33-34H,1-4H3. The molecular weight excluding hydrogens is 632 g/mol. The third kappa shape index (κ3) is 6.89. The summed E-state index contributed by atoms with van der Waals surface area (Å²) in [4.78, 5) is 0. The van der Waals surface area contributed by atoms with Gasteiger partial charge in [-0.2, -0.15) is 0 Å². The van der Waals surface area contributed by atoms with E-state index in [0.717, 1.165) is 42.3 Å². The first-order valence-electron chi connectivity index (χ1n) is 12.8. The minimum absolute atomic E-state index is 0.724. The molecule has 39 heavy (non-hydrogen) atoms. The fraction of sp³-hybridized carbons (Fsp3) is 0.176. The van der Waals surface area contributed by atoms with Crippen LogP contribution in [-0.2, 0) is 9.84 Å². The fourth-order valence-electron chi connectivity index (χ4n) is 4.57. The third-order valence-electron chi connectivity index (χ3n) is 7.30. The van der Waals surface area contributed by atoms with Crippen LogP contribution in [0.25, 0.3) is 12.2 Å². The van der Waals surface area contributed by atoms with Gasteiger partial charge in [0.15, 0.2) is 9.84 Å². The van der Waals surface area contributed by atoms with Gasteiger partial charge in [-0.1, -0.05) is 117 Å². The van der Waals surface area contributed by atoms with Crippen LogP contribution in [0.3, 0.4) is 0 Å². The zero-order valence-electron chi connectivity index (χ0n) is 22.5. The number of benzene rings is 4. The van der Waals surface area contributed by atoms with E-state index in [-0.39, 0.29) is 0 Å².